The Morgan fingerprint density at radius 3 is 2.43 bits per heavy atom. The Labute approximate surface area is 268 Å². The van der Waals surface area contributed by atoms with Gasteiger partial charge in [0.25, 0.3) is 5.56 Å². The number of phosphoric ester groups is 1. The molecule has 10 atom stereocenters. The van der Waals surface area contributed by atoms with Crippen LogP contribution in [-0.4, -0.2) is 104 Å². The van der Waals surface area contributed by atoms with E-state index in [1.165, 1.54) is 28.1 Å². The molecular weight excluding hydrogens is 688 g/mol. The number of phosphoric acid groups is 1. The first-order valence-electron chi connectivity index (χ1n) is 14.0. The highest BCUT2D eigenvalue weighted by Gasteiger charge is 2.53. The summed E-state index contributed by atoms with van der Waals surface area (Å²) in [6.07, 6.45) is -5.03. The third kappa shape index (κ3) is 5.97. The topological polar surface area (TPSA) is 318 Å². The summed E-state index contributed by atoms with van der Waals surface area (Å²) < 4.78 is 50.9. The van der Waals surface area contributed by atoms with Crippen molar-refractivity contribution in [2.75, 3.05) is 31.2 Å². The molecule has 254 valence electrons. The van der Waals surface area contributed by atoms with Crippen molar-refractivity contribution in [1.82, 2.24) is 39.0 Å². The molecule has 3 saturated heterocycles. The predicted molar refractivity (Wildman–Crippen MR) is 161 cm³/mol. The molecule has 7 heterocycles. The fourth-order valence-electron chi connectivity index (χ4n) is 5.94. The summed E-state index contributed by atoms with van der Waals surface area (Å²) in [7, 11) is -4.97. The molecule has 4 aromatic rings. The van der Waals surface area contributed by atoms with Crippen LogP contribution in [0.2, 0.25) is 0 Å². The zero-order chi connectivity index (χ0) is 33.2. The van der Waals surface area contributed by atoms with E-state index in [2.05, 4.69) is 29.9 Å². The maximum atomic E-state index is 13.5. The molecule has 2 bridgehead atoms. The van der Waals surface area contributed by atoms with E-state index in [4.69, 9.17) is 56.6 Å². The third-order valence-electron chi connectivity index (χ3n) is 8.00. The summed E-state index contributed by atoms with van der Waals surface area (Å²) in [5.41, 5.74) is 17.3. The molecule has 7 rings (SSSR count). The average molecular weight is 718 g/mol. The fraction of sp³-hybridized carbons (Fsp3) is 0.545. The molecule has 4 aromatic heterocycles. The summed E-state index contributed by atoms with van der Waals surface area (Å²) in [6.45, 7) is -5.15. The van der Waals surface area contributed by atoms with Crippen molar-refractivity contribution in [2.24, 2.45) is 11.7 Å². The van der Waals surface area contributed by atoms with Gasteiger partial charge in [0.2, 0.25) is 5.95 Å². The largest absolute Gasteiger partial charge is 0.472 e. The number of aliphatic hydroxyl groups is 1. The SMILES string of the molecule is NCCC1[C@H]2COP(O)(=S)OC3[C@@H](COP(=O)(O)O[C@@H]1[C@H](n1cnc4c(=O)[nH]c(N)nc41)O2)O[C@@H](n1cnc2c(N)ncnc21)[C@H]3O. The van der Waals surface area contributed by atoms with Gasteiger partial charge in [-0.2, -0.15) is 4.98 Å². The number of ether oxygens (including phenoxy) is 2. The van der Waals surface area contributed by atoms with Gasteiger partial charge in [0.15, 0.2) is 35.1 Å². The lowest BCUT2D eigenvalue weighted by molar-refractivity contribution is -0.0647. The molecule has 3 aliphatic rings. The van der Waals surface area contributed by atoms with E-state index in [1.54, 1.807) is 0 Å². The van der Waals surface area contributed by atoms with Crippen LogP contribution in [0.4, 0.5) is 11.8 Å². The van der Waals surface area contributed by atoms with Crippen LogP contribution in [0.25, 0.3) is 22.3 Å². The van der Waals surface area contributed by atoms with Gasteiger partial charge in [-0.1, -0.05) is 0 Å². The van der Waals surface area contributed by atoms with Crippen molar-refractivity contribution in [3.05, 3.63) is 29.3 Å². The minimum absolute atomic E-state index is 0.00427. The predicted octanol–water partition coefficient (Wildman–Crippen LogP) is -1.62. The van der Waals surface area contributed by atoms with E-state index < -0.39 is 82.2 Å². The number of nitrogens with one attached hydrogen (secondary N) is 1. The van der Waals surface area contributed by atoms with E-state index in [0.717, 1.165) is 0 Å². The summed E-state index contributed by atoms with van der Waals surface area (Å²) in [4.78, 5) is 57.3. The molecule has 0 aliphatic carbocycles. The number of H-pyrrole nitrogens is 1. The van der Waals surface area contributed by atoms with Gasteiger partial charge in [-0.15, -0.1) is 0 Å². The summed E-state index contributed by atoms with van der Waals surface area (Å²) >= 11 is 5.30. The second kappa shape index (κ2) is 12.1. The lowest BCUT2D eigenvalue weighted by atomic mass is 9.94. The Morgan fingerprint density at radius 1 is 0.957 bits per heavy atom. The van der Waals surface area contributed by atoms with Crippen molar-refractivity contribution in [1.29, 1.82) is 0 Å². The van der Waals surface area contributed by atoms with Gasteiger partial charge in [0.1, 0.15) is 36.3 Å². The number of aromatic amines is 1. The molecule has 4 unspecified atom stereocenters. The molecule has 0 aromatic carbocycles. The normalized spacial score (nSPS) is 36.6. The Morgan fingerprint density at radius 2 is 1.66 bits per heavy atom. The molecule has 25 heteroatoms. The zero-order valence-corrected chi connectivity index (χ0v) is 26.6. The van der Waals surface area contributed by atoms with Crippen LogP contribution in [0.3, 0.4) is 0 Å². The Bertz CT molecular complexity index is 1980. The van der Waals surface area contributed by atoms with E-state index in [9.17, 15) is 24.3 Å². The molecule has 0 radical (unpaired) electrons. The van der Waals surface area contributed by atoms with Crippen molar-refractivity contribution in [3.8, 4) is 0 Å². The summed E-state index contributed by atoms with van der Waals surface area (Å²) in [5.74, 6) is -0.865. The first kappa shape index (κ1) is 32.5. The number of nitrogens with zero attached hydrogens (tertiary/aromatic N) is 7. The second-order valence-electron chi connectivity index (χ2n) is 10.9. The number of nitrogen functional groups attached to an aromatic ring is 2. The minimum Gasteiger partial charge on any atom is -0.386 e. The van der Waals surface area contributed by atoms with Crippen LogP contribution >= 0.6 is 14.5 Å². The molecule has 47 heavy (non-hydrogen) atoms. The number of aromatic nitrogens is 8. The quantitative estimate of drug-likeness (QED) is 0.117. The first-order chi connectivity index (χ1) is 22.4. The van der Waals surface area contributed by atoms with Crippen LogP contribution in [0.15, 0.2) is 23.8 Å². The van der Waals surface area contributed by atoms with Gasteiger partial charge < -0.3 is 46.1 Å². The molecule has 0 amide bonds. The zero-order valence-electron chi connectivity index (χ0n) is 24.0. The van der Waals surface area contributed by atoms with Crippen molar-refractivity contribution < 1.29 is 47.0 Å². The highest BCUT2D eigenvalue weighted by Crippen LogP contribution is 2.55. The maximum absolute atomic E-state index is 13.5. The first-order valence-corrected chi connectivity index (χ1v) is 18.1. The number of hydrogen-bond donors (Lipinski definition) is 7. The Kier molecular flexibility index (Phi) is 8.40. The number of hydrogen-bond acceptors (Lipinski definition) is 18. The van der Waals surface area contributed by atoms with Crippen molar-refractivity contribution in [3.63, 3.8) is 0 Å². The van der Waals surface area contributed by atoms with Gasteiger partial charge in [0, 0.05) is 5.92 Å². The van der Waals surface area contributed by atoms with Gasteiger partial charge >= 0.3 is 14.5 Å². The van der Waals surface area contributed by atoms with Gasteiger partial charge in [-0.25, -0.2) is 24.5 Å². The molecule has 22 nitrogen and oxygen atoms in total. The van der Waals surface area contributed by atoms with Crippen LogP contribution in [0, 0.1) is 5.92 Å². The van der Waals surface area contributed by atoms with Crippen LogP contribution in [0.1, 0.15) is 18.9 Å². The fourth-order valence-corrected chi connectivity index (χ4v) is 8.35. The monoisotopic (exact) mass is 717 g/mol. The number of fused-ring (bicyclic) bond motifs is 5. The summed E-state index contributed by atoms with van der Waals surface area (Å²) in [6, 6.07) is 0. The standard InChI is InChI=1S/C22H29N11O11P2S/c23-2-1-8-9-3-40-46(38,47)44-15-10(42-20(13(15)34)32-6-28-11-16(24)26-5-27-17(11)32)4-39-45(36,37)43-14(8)21(41-9)33-7-29-12-18(33)30-22(25)31-19(12)35/h5-10,13-15,20-21,34H,1-4,23H2,(H,36,37)(H,38,47)(H2,24,26,27)(H3,25,30,31,35)/t8?,9-,10-,13+,14+,15?,20-,21-,46?/m1/s1. The smallest absolute Gasteiger partial charge is 0.386 e. The van der Waals surface area contributed by atoms with E-state index in [1.807, 2.05) is 0 Å². The molecule has 0 saturated carbocycles. The number of rotatable bonds is 4. The second-order valence-corrected chi connectivity index (χ2v) is 15.1. The van der Waals surface area contributed by atoms with Gasteiger partial charge in [-0.05, 0) is 24.8 Å². The van der Waals surface area contributed by atoms with Crippen LogP contribution < -0.4 is 22.8 Å². The van der Waals surface area contributed by atoms with E-state index in [0.29, 0.717) is 0 Å². The molecule has 3 aliphatic heterocycles. The maximum Gasteiger partial charge on any atom is 0.472 e. The van der Waals surface area contributed by atoms with Gasteiger partial charge in [0.05, 0.1) is 32.0 Å². The van der Waals surface area contributed by atoms with E-state index in [-0.39, 0.29) is 47.1 Å². The lowest BCUT2D eigenvalue weighted by Crippen LogP contribution is -2.36. The molecule has 3 fully saturated rings. The van der Waals surface area contributed by atoms with Crippen molar-refractivity contribution >= 4 is 60.4 Å². The van der Waals surface area contributed by atoms with Crippen LogP contribution in [0.5, 0.6) is 0 Å². The number of imidazole rings is 2. The number of aliphatic hydroxyl groups excluding tert-OH is 1. The molecule has 10 N–H and O–H groups in total. The van der Waals surface area contributed by atoms with Crippen LogP contribution in [-0.2, 0) is 43.9 Å². The lowest BCUT2D eigenvalue weighted by Gasteiger charge is -2.27. The molecule has 0 spiro atoms. The summed E-state index contributed by atoms with van der Waals surface area (Å²) in [5, 5.41) is 11.3. The number of anilines is 2. The Balaban J connectivity index is 1.23. The highest BCUT2D eigenvalue weighted by atomic mass is 32.5. The third-order valence-corrected chi connectivity index (χ3v) is 10.5. The number of nitrogens with two attached hydrogens (primary N) is 3. The average Bonchev–Trinajstić information content (AvgIpc) is 3.76. The molecular formula is C22H29N11O11P2S. The van der Waals surface area contributed by atoms with E-state index >= 15 is 0 Å². The Hall–Kier alpha value is -3.02. The van der Waals surface area contributed by atoms with Crippen molar-refractivity contribution in [2.45, 2.75) is 49.4 Å². The minimum atomic E-state index is -4.97. The highest BCUT2D eigenvalue weighted by molar-refractivity contribution is 8.07. The van der Waals surface area contributed by atoms with Gasteiger partial charge in [-0.3, -0.25) is 32.5 Å².